The number of ether oxygens (including phenoxy) is 3. The highest BCUT2D eigenvalue weighted by Gasteiger charge is 2.38. The summed E-state index contributed by atoms with van der Waals surface area (Å²) >= 11 is 0. The van der Waals surface area contributed by atoms with Crippen LogP contribution in [0.1, 0.15) is 48.5 Å². The average Bonchev–Trinajstić information content (AvgIpc) is 2.94. The van der Waals surface area contributed by atoms with E-state index < -0.39 is 23.9 Å². The molecule has 0 aromatic heterocycles. The molecule has 3 aromatic rings. The third-order valence-corrected chi connectivity index (χ3v) is 6.65. The molecule has 0 amide bonds. The topological polar surface area (TPSA) is 85.3 Å². The van der Waals surface area contributed by atoms with E-state index in [2.05, 4.69) is 24.0 Å². The molecule has 0 saturated carbocycles. The Morgan fingerprint density at radius 1 is 0.838 bits per heavy atom. The largest absolute Gasteiger partial charge is 0.493 e. The number of carboxylic acids is 1. The lowest BCUT2D eigenvalue weighted by molar-refractivity contribution is -0.150. The van der Waals surface area contributed by atoms with Crippen LogP contribution in [0.3, 0.4) is 0 Å². The van der Waals surface area contributed by atoms with Crippen molar-refractivity contribution in [3.63, 3.8) is 0 Å². The molecular weight excluding hydrogens is 470 g/mol. The summed E-state index contributed by atoms with van der Waals surface area (Å²) in [6.45, 7) is 2.62. The summed E-state index contributed by atoms with van der Waals surface area (Å²) in [4.78, 5) is 27.0. The predicted octanol–water partition coefficient (Wildman–Crippen LogP) is 5.66. The van der Waals surface area contributed by atoms with Crippen molar-refractivity contribution in [1.29, 1.82) is 0 Å². The number of hydrogen-bond acceptors (Lipinski definition) is 6. The fraction of sp³-hybridized carbons (Fsp3) is 0.333. The highest BCUT2D eigenvalue weighted by atomic mass is 16.5. The summed E-state index contributed by atoms with van der Waals surface area (Å²) in [7, 11) is 4.47. The first-order valence-electron chi connectivity index (χ1n) is 12.3. The molecule has 1 N–H and O–H groups in total. The summed E-state index contributed by atoms with van der Waals surface area (Å²) < 4.78 is 16.2. The minimum Gasteiger partial charge on any atom is -0.493 e. The van der Waals surface area contributed by atoms with Gasteiger partial charge in [-0.15, -0.1) is 0 Å². The summed E-state index contributed by atoms with van der Waals surface area (Å²) in [5.41, 5.74) is 2.94. The van der Waals surface area contributed by atoms with Gasteiger partial charge in [0.05, 0.1) is 27.2 Å². The number of hydrogen-bond donors (Lipinski definition) is 1. The summed E-state index contributed by atoms with van der Waals surface area (Å²) in [6.07, 6.45) is -0.0454. The molecule has 3 atom stereocenters. The van der Waals surface area contributed by atoms with Gasteiger partial charge < -0.3 is 19.3 Å². The van der Waals surface area contributed by atoms with Crippen LogP contribution in [0.25, 0.3) is 0 Å². The number of methoxy groups -OCH3 is 3. The Morgan fingerprint density at radius 3 is 2.03 bits per heavy atom. The van der Waals surface area contributed by atoms with Crippen LogP contribution in [0.5, 0.6) is 11.5 Å². The fourth-order valence-electron chi connectivity index (χ4n) is 4.72. The second-order valence-corrected chi connectivity index (χ2v) is 8.87. The van der Waals surface area contributed by atoms with E-state index >= 15 is 0 Å². The predicted molar refractivity (Wildman–Crippen MR) is 142 cm³/mol. The SMILES string of the molecule is COC(=O)[C@@H](CCC(=O)O)C(c1ccc(OC)c(OC)c1)N(Cc1ccccc1)[C@H](C)c1ccccc1. The fourth-order valence-corrected chi connectivity index (χ4v) is 4.72. The van der Waals surface area contributed by atoms with Gasteiger partial charge in [-0.2, -0.15) is 0 Å². The van der Waals surface area contributed by atoms with E-state index in [0.717, 1.165) is 16.7 Å². The van der Waals surface area contributed by atoms with E-state index in [0.29, 0.717) is 18.0 Å². The van der Waals surface area contributed by atoms with E-state index in [4.69, 9.17) is 14.2 Å². The van der Waals surface area contributed by atoms with Crippen molar-refractivity contribution in [3.05, 3.63) is 95.6 Å². The van der Waals surface area contributed by atoms with E-state index in [1.807, 2.05) is 60.7 Å². The Kier molecular flexibility index (Phi) is 10.1. The van der Waals surface area contributed by atoms with Crippen molar-refractivity contribution in [2.45, 2.75) is 38.4 Å². The monoisotopic (exact) mass is 505 g/mol. The van der Waals surface area contributed by atoms with Crippen LogP contribution >= 0.6 is 0 Å². The van der Waals surface area contributed by atoms with Crippen molar-refractivity contribution >= 4 is 11.9 Å². The third kappa shape index (κ3) is 7.11. The molecule has 0 aliphatic rings. The first-order chi connectivity index (χ1) is 17.9. The quantitative estimate of drug-likeness (QED) is 0.300. The highest BCUT2D eigenvalue weighted by Crippen LogP contribution is 2.42. The van der Waals surface area contributed by atoms with Gasteiger partial charge in [-0.3, -0.25) is 14.5 Å². The number of carbonyl (C=O) groups excluding carboxylic acids is 1. The van der Waals surface area contributed by atoms with Gasteiger partial charge in [0.15, 0.2) is 11.5 Å². The summed E-state index contributed by atoms with van der Waals surface area (Å²) in [5, 5.41) is 9.48. The lowest BCUT2D eigenvalue weighted by atomic mass is 9.85. The van der Waals surface area contributed by atoms with E-state index in [1.54, 1.807) is 20.3 Å². The molecule has 3 aromatic carbocycles. The number of benzene rings is 3. The minimum atomic E-state index is -0.967. The number of aliphatic carboxylic acids is 1. The molecule has 0 radical (unpaired) electrons. The molecule has 37 heavy (non-hydrogen) atoms. The Labute approximate surface area is 218 Å². The van der Waals surface area contributed by atoms with Crippen molar-refractivity contribution in [2.24, 2.45) is 5.92 Å². The zero-order chi connectivity index (χ0) is 26.8. The van der Waals surface area contributed by atoms with Crippen molar-refractivity contribution in [3.8, 4) is 11.5 Å². The Hall–Kier alpha value is -3.84. The standard InChI is InChI=1S/C30H35NO6/c1-21(23-13-9-6-10-14-23)31(20-22-11-7-5-8-12-22)29(25(30(34)37-4)16-18-28(32)33)24-15-17-26(35-2)27(19-24)36-3/h5-15,17,19,21,25,29H,16,18,20H2,1-4H3,(H,32,33)/t21-,25+,29?/m1/s1. The van der Waals surface area contributed by atoms with Gasteiger partial charge >= 0.3 is 11.9 Å². The number of esters is 1. The summed E-state index contributed by atoms with van der Waals surface area (Å²) in [6, 6.07) is 25.0. The molecule has 0 saturated heterocycles. The van der Waals surface area contributed by atoms with Crippen LogP contribution in [0.2, 0.25) is 0 Å². The van der Waals surface area contributed by atoms with E-state index in [-0.39, 0.29) is 18.9 Å². The molecule has 196 valence electrons. The Bertz CT molecular complexity index is 1150. The zero-order valence-electron chi connectivity index (χ0n) is 21.8. The van der Waals surface area contributed by atoms with E-state index in [1.165, 1.54) is 7.11 Å². The maximum Gasteiger partial charge on any atom is 0.310 e. The Morgan fingerprint density at radius 2 is 1.46 bits per heavy atom. The molecule has 1 unspecified atom stereocenters. The smallest absolute Gasteiger partial charge is 0.310 e. The zero-order valence-corrected chi connectivity index (χ0v) is 21.8. The molecular formula is C30H35NO6. The Balaban J connectivity index is 2.22. The minimum absolute atomic E-state index is 0.114. The molecule has 0 spiro atoms. The van der Waals surface area contributed by atoms with Crippen LogP contribution in [0.15, 0.2) is 78.9 Å². The van der Waals surface area contributed by atoms with Gasteiger partial charge in [0.2, 0.25) is 0 Å². The molecule has 0 fully saturated rings. The second kappa shape index (κ2) is 13.5. The van der Waals surface area contributed by atoms with Gasteiger partial charge in [-0.1, -0.05) is 66.7 Å². The van der Waals surface area contributed by atoms with Gasteiger partial charge in [-0.05, 0) is 42.2 Å². The van der Waals surface area contributed by atoms with Crippen LogP contribution in [0, 0.1) is 5.92 Å². The molecule has 7 heteroatoms. The molecule has 3 rings (SSSR count). The van der Waals surface area contributed by atoms with Gasteiger partial charge in [0.25, 0.3) is 0 Å². The van der Waals surface area contributed by atoms with Crippen LogP contribution in [-0.4, -0.2) is 43.3 Å². The first-order valence-corrected chi connectivity index (χ1v) is 12.3. The lowest BCUT2D eigenvalue weighted by Crippen LogP contribution is -2.39. The highest BCUT2D eigenvalue weighted by molar-refractivity contribution is 5.75. The summed E-state index contributed by atoms with van der Waals surface area (Å²) in [5.74, 6) is -1.08. The maximum atomic E-state index is 13.2. The van der Waals surface area contributed by atoms with Gasteiger partial charge in [0, 0.05) is 25.0 Å². The molecule has 0 bridgehead atoms. The van der Waals surface area contributed by atoms with Gasteiger partial charge in [0.1, 0.15) is 0 Å². The van der Waals surface area contributed by atoms with Crippen LogP contribution in [-0.2, 0) is 20.9 Å². The van der Waals surface area contributed by atoms with E-state index in [9.17, 15) is 14.7 Å². The number of carbonyl (C=O) groups is 2. The van der Waals surface area contributed by atoms with Crippen molar-refractivity contribution < 1.29 is 28.9 Å². The third-order valence-electron chi connectivity index (χ3n) is 6.65. The average molecular weight is 506 g/mol. The normalized spacial score (nSPS) is 13.4. The van der Waals surface area contributed by atoms with Crippen LogP contribution < -0.4 is 9.47 Å². The van der Waals surface area contributed by atoms with Crippen molar-refractivity contribution in [1.82, 2.24) is 4.90 Å². The number of nitrogens with zero attached hydrogens (tertiary/aromatic N) is 1. The molecule has 7 nitrogen and oxygen atoms in total. The number of rotatable bonds is 13. The lowest BCUT2D eigenvalue weighted by Gasteiger charge is -2.40. The van der Waals surface area contributed by atoms with Crippen molar-refractivity contribution in [2.75, 3.05) is 21.3 Å². The first kappa shape index (κ1) is 27.7. The maximum absolute atomic E-state index is 13.2. The molecule has 0 heterocycles. The number of carboxylic acid groups (broad SMARTS) is 1. The van der Waals surface area contributed by atoms with Crippen LogP contribution in [0.4, 0.5) is 0 Å². The molecule has 0 aliphatic heterocycles. The second-order valence-electron chi connectivity index (χ2n) is 8.87. The van der Waals surface area contributed by atoms with Gasteiger partial charge in [-0.25, -0.2) is 0 Å². The molecule has 0 aliphatic carbocycles.